The van der Waals surface area contributed by atoms with Crippen molar-refractivity contribution in [1.82, 2.24) is 4.98 Å². The average Bonchev–Trinajstić information content (AvgIpc) is 2.81. The molecule has 0 spiro atoms. The number of nitrogens with zero attached hydrogens (tertiary/aromatic N) is 3. The van der Waals surface area contributed by atoms with Gasteiger partial charge in [0.2, 0.25) is 0 Å². The Morgan fingerprint density at radius 2 is 1.97 bits per heavy atom. The smallest absolute Gasteiger partial charge is 0.308 e. The molecule has 166 valence electrons. The van der Waals surface area contributed by atoms with Gasteiger partial charge in [0.15, 0.2) is 0 Å². The highest BCUT2D eigenvalue weighted by Crippen LogP contribution is 2.33. The number of unbranched alkanes of at least 4 members (excludes halogenated alkanes) is 3. The number of fused-ring (bicyclic) bond motifs is 1. The molecule has 0 aliphatic heterocycles. The van der Waals surface area contributed by atoms with Gasteiger partial charge in [0.1, 0.15) is 5.82 Å². The molecule has 0 amide bonds. The Balaban J connectivity index is 2.06. The summed E-state index contributed by atoms with van der Waals surface area (Å²) in [5.41, 5.74) is 4.73. The van der Waals surface area contributed by atoms with Gasteiger partial charge in [-0.25, -0.2) is 4.98 Å². The zero-order chi connectivity index (χ0) is 23.1. The summed E-state index contributed by atoms with van der Waals surface area (Å²) in [5.74, 6) is -0.612. The molecule has 0 bridgehead atoms. The van der Waals surface area contributed by atoms with Gasteiger partial charge in [-0.15, -0.1) is 0 Å². The quantitative estimate of drug-likeness (QED) is 0.397. The molecule has 1 atom stereocenters. The van der Waals surface area contributed by atoms with E-state index in [2.05, 4.69) is 31.2 Å². The molecular weight excluding hydrogens is 398 g/mol. The van der Waals surface area contributed by atoms with E-state index in [4.69, 9.17) is 4.98 Å². The van der Waals surface area contributed by atoms with Crippen molar-refractivity contribution in [2.24, 2.45) is 5.92 Å². The molecule has 0 saturated heterocycles. The van der Waals surface area contributed by atoms with Crippen molar-refractivity contribution in [3.8, 4) is 17.2 Å². The number of hydrogen-bond donors (Lipinski definition) is 1. The van der Waals surface area contributed by atoms with Gasteiger partial charge in [0.25, 0.3) is 0 Å². The van der Waals surface area contributed by atoms with E-state index >= 15 is 0 Å². The second kappa shape index (κ2) is 10.8. The largest absolute Gasteiger partial charge is 0.481 e. The van der Waals surface area contributed by atoms with Gasteiger partial charge in [-0.1, -0.05) is 51.3 Å². The van der Waals surface area contributed by atoms with Crippen molar-refractivity contribution in [2.45, 2.75) is 46.0 Å². The molecule has 0 aliphatic rings. The van der Waals surface area contributed by atoms with Crippen LogP contribution in [0.5, 0.6) is 0 Å². The van der Waals surface area contributed by atoms with E-state index in [9.17, 15) is 15.2 Å². The Bertz CT molecular complexity index is 1130. The first-order chi connectivity index (χ1) is 15.4. The number of aromatic nitrogens is 1. The zero-order valence-electron chi connectivity index (χ0n) is 19.1. The van der Waals surface area contributed by atoms with Crippen LogP contribution in [-0.4, -0.2) is 29.7 Å². The summed E-state index contributed by atoms with van der Waals surface area (Å²) in [6.07, 6.45) is 5.91. The van der Waals surface area contributed by atoms with Gasteiger partial charge in [-0.05, 0) is 59.9 Å². The lowest BCUT2D eigenvalue weighted by molar-refractivity contribution is -0.140. The lowest BCUT2D eigenvalue weighted by atomic mass is 9.96. The van der Waals surface area contributed by atoms with Crippen molar-refractivity contribution in [1.29, 1.82) is 5.26 Å². The number of aryl methyl sites for hydroxylation is 1. The fraction of sp³-hybridized carbons (Fsp3) is 0.370. The van der Waals surface area contributed by atoms with Crippen LogP contribution >= 0.6 is 0 Å². The normalized spacial score (nSPS) is 11.8. The van der Waals surface area contributed by atoms with Crippen molar-refractivity contribution >= 4 is 22.7 Å². The van der Waals surface area contributed by atoms with Crippen molar-refractivity contribution in [3.05, 3.63) is 59.7 Å². The number of benzene rings is 2. The summed E-state index contributed by atoms with van der Waals surface area (Å²) >= 11 is 0. The second-order valence-electron chi connectivity index (χ2n) is 8.50. The van der Waals surface area contributed by atoms with Crippen LogP contribution in [-0.2, 0) is 11.2 Å². The maximum absolute atomic E-state index is 11.3. The van der Waals surface area contributed by atoms with E-state index in [1.54, 1.807) is 13.0 Å². The predicted molar refractivity (Wildman–Crippen MR) is 130 cm³/mol. The molecule has 5 heteroatoms. The van der Waals surface area contributed by atoms with E-state index in [0.717, 1.165) is 34.3 Å². The van der Waals surface area contributed by atoms with Crippen LogP contribution < -0.4 is 4.90 Å². The summed E-state index contributed by atoms with van der Waals surface area (Å²) in [4.78, 5) is 18.0. The van der Waals surface area contributed by atoms with Gasteiger partial charge in [0.05, 0.1) is 23.1 Å². The van der Waals surface area contributed by atoms with Crippen LogP contribution in [0.3, 0.4) is 0 Å². The third-order valence-corrected chi connectivity index (χ3v) is 5.84. The molecule has 1 heterocycles. The number of nitriles is 1. The monoisotopic (exact) mass is 429 g/mol. The minimum atomic E-state index is -0.827. The summed E-state index contributed by atoms with van der Waals surface area (Å²) in [5, 5.41) is 19.7. The highest BCUT2D eigenvalue weighted by Gasteiger charge is 2.17. The third kappa shape index (κ3) is 5.64. The maximum Gasteiger partial charge on any atom is 0.308 e. The summed E-state index contributed by atoms with van der Waals surface area (Å²) in [6, 6.07) is 18.2. The zero-order valence-corrected chi connectivity index (χ0v) is 19.1. The predicted octanol–water partition coefficient (Wildman–Crippen LogP) is 6.05. The maximum atomic E-state index is 11.3. The number of anilines is 1. The fourth-order valence-corrected chi connectivity index (χ4v) is 3.94. The molecular formula is C27H31N3O2. The van der Waals surface area contributed by atoms with Crippen LogP contribution in [0.25, 0.3) is 22.0 Å². The number of aliphatic carboxylic acids is 1. The number of rotatable bonds is 10. The van der Waals surface area contributed by atoms with Gasteiger partial charge >= 0.3 is 5.97 Å². The Labute approximate surface area is 190 Å². The molecule has 0 saturated carbocycles. The molecule has 0 fully saturated rings. The van der Waals surface area contributed by atoms with Gasteiger partial charge in [-0.2, -0.15) is 5.26 Å². The molecule has 3 aromatic rings. The average molecular weight is 430 g/mol. The SMILES string of the molecule is CCCCCCc1ccc2nc(N(C)CC(C)C(=O)O)cc(-c3cccc(C#N)c3)c2c1. The Morgan fingerprint density at radius 3 is 2.69 bits per heavy atom. The highest BCUT2D eigenvalue weighted by molar-refractivity contribution is 5.96. The number of pyridine rings is 1. The third-order valence-electron chi connectivity index (χ3n) is 5.84. The van der Waals surface area contributed by atoms with Crippen LogP contribution in [0, 0.1) is 17.2 Å². The molecule has 3 rings (SSSR count). The van der Waals surface area contributed by atoms with Crippen LogP contribution in [0.4, 0.5) is 5.82 Å². The topological polar surface area (TPSA) is 77.2 Å². The lowest BCUT2D eigenvalue weighted by Gasteiger charge is -2.22. The minimum absolute atomic E-state index is 0.362. The van der Waals surface area contributed by atoms with E-state index in [1.165, 1.54) is 31.2 Å². The molecule has 32 heavy (non-hydrogen) atoms. The Hall–Kier alpha value is -3.39. The number of carbonyl (C=O) groups is 1. The van der Waals surface area contributed by atoms with E-state index in [0.29, 0.717) is 12.1 Å². The molecule has 0 aliphatic carbocycles. The Kier molecular flexibility index (Phi) is 7.83. The van der Waals surface area contributed by atoms with Crippen molar-refractivity contribution in [3.63, 3.8) is 0 Å². The minimum Gasteiger partial charge on any atom is -0.481 e. The first-order valence-corrected chi connectivity index (χ1v) is 11.3. The molecule has 5 nitrogen and oxygen atoms in total. The summed E-state index contributed by atoms with van der Waals surface area (Å²) < 4.78 is 0. The number of carboxylic acid groups (broad SMARTS) is 1. The highest BCUT2D eigenvalue weighted by atomic mass is 16.4. The molecule has 1 aromatic heterocycles. The fourth-order valence-electron chi connectivity index (χ4n) is 3.94. The lowest BCUT2D eigenvalue weighted by Crippen LogP contribution is -2.29. The number of hydrogen-bond acceptors (Lipinski definition) is 4. The molecule has 0 radical (unpaired) electrons. The van der Waals surface area contributed by atoms with Crippen LogP contribution in [0.2, 0.25) is 0 Å². The Morgan fingerprint density at radius 1 is 1.16 bits per heavy atom. The molecule has 1 N–H and O–H groups in total. The second-order valence-corrected chi connectivity index (χ2v) is 8.50. The van der Waals surface area contributed by atoms with Gasteiger partial charge in [-0.3, -0.25) is 4.79 Å². The van der Waals surface area contributed by atoms with Gasteiger partial charge < -0.3 is 10.0 Å². The van der Waals surface area contributed by atoms with Crippen LogP contribution in [0.15, 0.2) is 48.5 Å². The summed E-state index contributed by atoms with van der Waals surface area (Å²) in [7, 11) is 1.87. The number of carboxylic acids is 1. The summed E-state index contributed by atoms with van der Waals surface area (Å²) in [6.45, 7) is 4.28. The van der Waals surface area contributed by atoms with E-state index < -0.39 is 11.9 Å². The van der Waals surface area contributed by atoms with Crippen molar-refractivity contribution in [2.75, 3.05) is 18.5 Å². The molecule has 1 unspecified atom stereocenters. The van der Waals surface area contributed by atoms with Crippen molar-refractivity contribution < 1.29 is 9.90 Å². The van der Waals surface area contributed by atoms with E-state index in [-0.39, 0.29) is 0 Å². The first kappa shape index (κ1) is 23.3. The van der Waals surface area contributed by atoms with E-state index in [1.807, 2.05) is 36.2 Å². The van der Waals surface area contributed by atoms with Crippen LogP contribution in [0.1, 0.15) is 50.7 Å². The molecule has 2 aromatic carbocycles. The first-order valence-electron chi connectivity index (χ1n) is 11.3. The standard InChI is InChI=1S/C27H31N3O2/c1-4-5-6-7-9-20-12-13-25-24(15-20)23(22-11-8-10-21(14-22)17-28)16-26(29-25)30(3)18-19(2)27(31)32/h8,10-16,19H,4-7,9,18H2,1-3H3,(H,31,32). The van der Waals surface area contributed by atoms with Gasteiger partial charge in [0, 0.05) is 19.0 Å².